The van der Waals surface area contributed by atoms with Gasteiger partial charge in [0, 0.05) is 24.7 Å². The molecule has 162 valence electrons. The zero-order chi connectivity index (χ0) is 22.5. The van der Waals surface area contributed by atoms with Crippen molar-refractivity contribution in [3.05, 3.63) is 104 Å². The highest BCUT2D eigenvalue weighted by Crippen LogP contribution is 2.44. The van der Waals surface area contributed by atoms with Gasteiger partial charge in [0.15, 0.2) is 0 Å². The van der Waals surface area contributed by atoms with Crippen molar-refractivity contribution < 1.29 is 14.5 Å². The normalized spacial score (nSPS) is 12.4. The molecule has 8 heteroatoms. The number of hydrogen-bond donors (Lipinski definition) is 2. The predicted octanol–water partition coefficient (Wildman–Crippen LogP) is 4.23. The van der Waals surface area contributed by atoms with E-state index in [-0.39, 0.29) is 12.5 Å². The summed E-state index contributed by atoms with van der Waals surface area (Å²) in [4.78, 5) is 35.9. The maximum atomic E-state index is 12.1. The van der Waals surface area contributed by atoms with Gasteiger partial charge in [-0.15, -0.1) is 0 Å². The fourth-order valence-electron chi connectivity index (χ4n) is 3.85. The number of fused-ring (bicyclic) bond motifs is 3. The van der Waals surface area contributed by atoms with E-state index in [1.54, 1.807) is 12.2 Å². The Hall–Kier alpha value is -4.20. The van der Waals surface area contributed by atoms with Crippen molar-refractivity contribution in [1.82, 2.24) is 10.3 Å². The van der Waals surface area contributed by atoms with Crippen LogP contribution in [0.3, 0.4) is 0 Å². The molecule has 0 fully saturated rings. The highest BCUT2D eigenvalue weighted by atomic mass is 16.6. The van der Waals surface area contributed by atoms with Crippen LogP contribution in [-0.4, -0.2) is 29.2 Å². The fourth-order valence-corrected chi connectivity index (χ4v) is 3.85. The van der Waals surface area contributed by atoms with Gasteiger partial charge in [0.1, 0.15) is 6.61 Å². The van der Waals surface area contributed by atoms with E-state index < -0.39 is 22.3 Å². The first-order chi connectivity index (χ1) is 15.5. The quantitative estimate of drug-likeness (QED) is 0.330. The molecule has 2 N–H and O–H groups in total. The molecule has 32 heavy (non-hydrogen) atoms. The number of benzene rings is 2. The van der Waals surface area contributed by atoms with Gasteiger partial charge in [0.05, 0.1) is 4.92 Å². The average molecular weight is 431 g/mol. The number of carbonyl (C=O) groups excluding carboxylic acids is 1. The smallest absolute Gasteiger partial charge is 0.407 e. The van der Waals surface area contributed by atoms with Crippen molar-refractivity contribution in [2.45, 2.75) is 12.3 Å². The molecular formula is C24H21N3O5. The molecule has 2 aromatic carbocycles. The third-order valence-corrected chi connectivity index (χ3v) is 5.34. The van der Waals surface area contributed by atoms with Gasteiger partial charge in [0.2, 0.25) is 0 Å². The summed E-state index contributed by atoms with van der Waals surface area (Å²) in [6.45, 7) is 0.593. The monoisotopic (exact) mass is 431 g/mol. The van der Waals surface area contributed by atoms with Gasteiger partial charge < -0.3 is 15.0 Å². The fraction of sp³-hybridized carbons (Fsp3) is 0.167. The number of nitro groups is 1. The zero-order valence-electron chi connectivity index (χ0n) is 17.1. The second kappa shape index (κ2) is 9.30. The van der Waals surface area contributed by atoms with Crippen LogP contribution < -0.4 is 10.9 Å². The van der Waals surface area contributed by atoms with Crippen LogP contribution in [0.5, 0.6) is 0 Å². The molecule has 0 saturated carbocycles. The Bertz CT molecular complexity index is 1200. The van der Waals surface area contributed by atoms with E-state index in [4.69, 9.17) is 4.74 Å². The maximum Gasteiger partial charge on any atom is 0.407 e. The number of nitrogens with one attached hydrogen (secondary N) is 2. The van der Waals surface area contributed by atoms with E-state index in [1.165, 1.54) is 23.4 Å². The summed E-state index contributed by atoms with van der Waals surface area (Å²) in [5, 5.41) is 13.5. The number of H-pyrrole nitrogens is 1. The number of rotatable bonds is 7. The molecular weight excluding hydrogens is 410 g/mol. The van der Waals surface area contributed by atoms with E-state index in [9.17, 15) is 19.7 Å². The van der Waals surface area contributed by atoms with E-state index >= 15 is 0 Å². The van der Waals surface area contributed by atoms with Gasteiger partial charge in [-0.05, 0) is 34.2 Å². The number of nitrogens with zero attached hydrogens (tertiary/aromatic N) is 1. The summed E-state index contributed by atoms with van der Waals surface area (Å²) < 4.78 is 5.47. The molecule has 0 bridgehead atoms. The van der Waals surface area contributed by atoms with Gasteiger partial charge in [-0.3, -0.25) is 14.9 Å². The van der Waals surface area contributed by atoms with Crippen LogP contribution >= 0.6 is 0 Å². The minimum Gasteiger partial charge on any atom is -0.449 e. The molecule has 0 saturated heterocycles. The van der Waals surface area contributed by atoms with Crippen LogP contribution in [0.4, 0.5) is 10.5 Å². The molecule has 0 aliphatic heterocycles. The first-order valence-electron chi connectivity index (χ1n) is 10.2. The van der Waals surface area contributed by atoms with Crippen molar-refractivity contribution in [1.29, 1.82) is 0 Å². The first kappa shape index (κ1) is 21.0. The molecule has 1 aliphatic carbocycles. The zero-order valence-corrected chi connectivity index (χ0v) is 17.1. The Morgan fingerprint density at radius 2 is 1.78 bits per heavy atom. The van der Waals surface area contributed by atoms with E-state index in [0.29, 0.717) is 18.5 Å². The van der Waals surface area contributed by atoms with Gasteiger partial charge in [0.25, 0.3) is 0 Å². The summed E-state index contributed by atoms with van der Waals surface area (Å²) in [5.74, 6) is 0.00377. The molecule has 8 nitrogen and oxygen atoms in total. The Balaban J connectivity index is 1.28. The number of aromatic nitrogens is 1. The highest BCUT2D eigenvalue weighted by molar-refractivity contribution is 5.79. The molecule has 0 radical (unpaired) electrons. The van der Waals surface area contributed by atoms with Gasteiger partial charge in [-0.25, -0.2) is 4.79 Å². The van der Waals surface area contributed by atoms with Crippen LogP contribution in [0.15, 0.2) is 71.7 Å². The van der Waals surface area contributed by atoms with E-state index in [0.717, 1.165) is 11.1 Å². The molecule has 0 unspecified atom stereocenters. The molecule has 1 heterocycles. The number of carbonyl (C=O) groups is 1. The topological polar surface area (TPSA) is 114 Å². The third-order valence-electron chi connectivity index (χ3n) is 5.34. The van der Waals surface area contributed by atoms with Crippen molar-refractivity contribution in [3.63, 3.8) is 0 Å². The van der Waals surface area contributed by atoms with Crippen LogP contribution in [0.1, 0.15) is 29.0 Å². The SMILES string of the molecule is O=C(NCCC=Cc1c[nH]c(=O)c([N+](=O)[O-])c1)OCC1c2ccccc2-c2ccccc21. The Labute approximate surface area is 183 Å². The number of pyridine rings is 1. The third kappa shape index (κ3) is 4.44. The lowest BCUT2D eigenvalue weighted by atomic mass is 9.98. The number of alkyl carbamates (subject to hydrolysis) is 1. The van der Waals surface area contributed by atoms with Crippen molar-refractivity contribution in [2.75, 3.05) is 13.2 Å². The summed E-state index contributed by atoms with van der Waals surface area (Å²) in [7, 11) is 0. The Morgan fingerprint density at radius 1 is 1.12 bits per heavy atom. The molecule has 0 spiro atoms. The number of hydrogen-bond acceptors (Lipinski definition) is 5. The van der Waals surface area contributed by atoms with Gasteiger partial charge >= 0.3 is 17.3 Å². The largest absolute Gasteiger partial charge is 0.449 e. The molecule has 1 aliphatic rings. The number of amides is 1. The van der Waals surface area contributed by atoms with Crippen molar-refractivity contribution >= 4 is 17.9 Å². The maximum absolute atomic E-state index is 12.1. The predicted molar refractivity (Wildman–Crippen MR) is 120 cm³/mol. The summed E-state index contributed by atoms with van der Waals surface area (Å²) in [5.41, 5.74) is 3.89. The van der Waals surface area contributed by atoms with Crippen LogP contribution in [0.2, 0.25) is 0 Å². The minimum absolute atomic E-state index is 0.00377. The van der Waals surface area contributed by atoms with Crippen molar-refractivity contribution in [2.24, 2.45) is 0 Å². The van der Waals surface area contributed by atoms with E-state index in [2.05, 4.69) is 34.6 Å². The standard InChI is InChI=1S/C24H21N3O5/c28-23-22(27(30)31)13-16(14-26-23)7-5-6-12-25-24(29)32-15-21-19-10-3-1-8-17(19)18-9-2-4-11-20(18)21/h1-5,7-11,13-14,21H,6,12,15H2,(H,25,29)(H,26,28). The second-order valence-corrected chi connectivity index (χ2v) is 7.35. The molecule has 4 rings (SSSR count). The Kier molecular flexibility index (Phi) is 6.12. The summed E-state index contributed by atoms with van der Waals surface area (Å²) >= 11 is 0. The number of ether oxygens (including phenoxy) is 1. The first-order valence-corrected chi connectivity index (χ1v) is 10.2. The van der Waals surface area contributed by atoms with Crippen molar-refractivity contribution in [3.8, 4) is 11.1 Å². The van der Waals surface area contributed by atoms with Gasteiger partial charge in [-0.1, -0.05) is 60.7 Å². The van der Waals surface area contributed by atoms with E-state index in [1.807, 2.05) is 24.3 Å². The highest BCUT2D eigenvalue weighted by Gasteiger charge is 2.28. The lowest BCUT2D eigenvalue weighted by Crippen LogP contribution is -2.26. The second-order valence-electron chi connectivity index (χ2n) is 7.35. The average Bonchev–Trinajstić information content (AvgIpc) is 3.12. The minimum atomic E-state index is -0.746. The lowest BCUT2D eigenvalue weighted by Gasteiger charge is -2.14. The molecule has 1 aromatic heterocycles. The molecule has 3 aromatic rings. The summed E-state index contributed by atoms with van der Waals surface area (Å²) in [6.07, 6.45) is 4.78. The van der Waals surface area contributed by atoms with Crippen LogP contribution in [0, 0.1) is 10.1 Å². The number of aromatic amines is 1. The molecule has 1 amide bonds. The van der Waals surface area contributed by atoms with Gasteiger partial charge in [-0.2, -0.15) is 0 Å². The summed E-state index contributed by atoms with van der Waals surface area (Å²) in [6, 6.07) is 17.5. The van der Waals surface area contributed by atoms with Crippen LogP contribution in [0.25, 0.3) is 17.2 Å². The van der Waals surface area contributed by atoms with Crippen LogP contribution in [-0.2, 0) is 4.74 Å². The molecule has 0 atom stereocenters. The lowest BCUT2D eigenvalue weighted by molar-refractivity contribution is -0.386. The Morgan fingerprint density at radius 3 is 2.44 bits per heavy atom.